The number of fused-ring (bicyclic) bond motifs is 1. The fourth-order valence-corrected chi connectivity index (χ4v) is 5.17. The van der Waals surface area contributed by atoms with Gasteiger partial charge in [0.15, 0.2) is 5.58 Å². The summed E-state index contributed by atoms with van der Waals surface area (Å²) in [5.41, 5.74) is 4.71. The van der Waals surface area contributed by atoms with Crippen LogP contribution < -0.4 is 4.74 Å². The fourth-order valence-electron chi connectivity index (χ4n) is 5.17. The second-order valence-corrected chi connectivity index (χ2v) is 11.5. The van der Waals surface area contributed by atoms with Crippen molar-refractivity contribution in [1.82, 2.24) is 19.9 Å². The summed E-state index contributed by atoms with van der Waals surface area (Å²) in [4.78, 5) is 27.8. The predicted molar refractivity (Wildman–Crippen MR) is 159 cm³/mol. The van der Waals surface area contributed by atoms with Gasteiger partial charge in [0.25, 0.3) is 0 Å². The van der Waals surface area contributed by atoms with E-state index in [-0.39, 0.29) is 0 Å². The molecule has 2 aliphatic rings. The third-order valence-corrected chi connectivity index (χ3v) is 7.63. The van der Waals surface area contributed by atoms with Crippen LogP contribution >= 0.6 is 0 Å². The Morgan fingerprint density at radius 2 is 1.84 bits per heavy atom. The molecule has 0 bridgehead atoms. The normalized spacial score (nSPS) is 15.8. The molecular formula is C32H39N5O6. The van der Waals surface area contributed by atoms with Gasteiger partial charge in [0, 0.05) is 36.8 Å². The number of pyridine rings is 1. The molecule has 5 rings (SSSR count). The topological polar surface area (TPSA) is 153 Å². The van der Waals surface area contributed by atoms with E-state index in [2.05, 4.69) is 52.2 Å². The average molecular weight is 590 g/mol. The van der Waals surface area contributed by atoms with Gasteiger partial charge in [-0.05, 0) is 107 Å². The summed E-state index contributed by atoms with van der Waals surface area (Å²) in [6, 6.07) is 10.3. The van der Waals surface area contributed by atoms with Crippen molar-refractivity contribution < 1.29 is 29.1 Å². The number of nitrogens with zero attached hydrogens (tertiary/aromatic N) is 5. The van der Waals surface area contributed by atoms with Gasteiger partial charge < -0.3 is 24.4 Å². The number of piperidine rings is 1. The first-order valence-electron chi connectivity index (χ1n) is 14.6. The van der Waals surface area contributed by atoms with Crippen molar-refractivity contribution in [2.24, 2.45) is 11.8 Å². The van der Waals surface area contributed by atoms with Crippen LogP contribution in [0, 0.1) is 23.2 Å². The van der Waals surface area contributed by atoms with Crippen LogP contribution in [0.1, 0.15) is 54.6 Å². The van der Waals surface area contributed by atoms with Crippen LogP contribution in [-0.2, 0) is 29.1 Å². The van der Waals surface area contributed by atoms with Gasteiger partial charge in [-0.15, -0.1) is 0 Å². The molecular weight excluding hydrogens is 550 g/mol. The first-order chi connectivity index (χ1) is 20.7. The van der Waals surface area contributed by atoms with Crippen molar-refractivity contribution in [3.63, 3.8) is 0 Å². The molecule has 11 nitrogen and oxygen atoms in total. The van der Waals surface area contributed by atoms with Crippen molar-refractivity contribution in [3.8, 4) is 11.8 Å². The number of carbonyl (C=O) groups is 2. The zero-order valence-electron chi connectivity index (χ0n) is 24.7. The number of nitriles is 1. The highest BCUT2D eigenvalue weighted by Crippen LogP contribution is 2.35. The third-order valence-electron chi connectivity index (χ3n) is 7.63. The number of aliphatic carboxylic acids is 2. The number of aryl methyl sites for hydroxylation is 1. The maximum Gasteiger partial charge on any atom is 0.328 e. The fraction of sp³-hybridized carbons (Fsp3) is 0.469. The zero-order chi connectivity index (χ0) is 30.8. The monoisotopic (exact) mass is 589 g/mol. The Balaban J connectivity index is 0.000000467. The molecule has 3 aromatic rings. The zero-order valence-corrected chi connectivity index (χ0v) is 24.7. The molecule has 1 aliphatic carbocycles. The summed E-state index contributed by atoms with van der Waals surface area (Å²) >= 11 is 0. The van der Waals surface area contributed by atoms with Gasteiger partial charge in [-0.3, -0.25) is 4.90 Å². The van der Waals surface area contributed by atoms with Crippen LogP contribution in [-0.4, -0.2) is 75.9 Å². The number of carboxylic acids is 2. The Bertz CT molecular complexity index is 1450. The summed E-state index contributed by atoms with van der Waals surface area (Å²) in [5.74, 6) is -0.161. The predicted octanol–water partition coefficient (Wildman–Crippen LogP) is 4.50. The van der Waals surface area contributed by atoms with E-state index in [0.717, 1.165) is 79.2 Å². The SMILES string of the molecule is CN(C)Cc1c(OCC2CC2)ccc2c(CCC3CCN(Cc4ccnc(C#N)c4)CC3)noc12.O=C(O)C=CC(=O)O. The van der Waals surface area contributed by atoms with Gasteiger partial charge in [-0.25, -0.2) is 14.6 Å². The Labute approximate surface area is 251 Å². The number of hydrogen-bond acceptors (Lipinski definition) is 9. The van der Waals surface area contributed by atoms with Gasteiger partial charge in [-0.1, -0.05) is 5.16 Å². The minimum absolute atomic E-state index is 0.493. The van der Waals surface area contributed by atoms with Crippen molar-refractivity contribution in [3.05, 3.63) is 65.1 Å². The number of carboxylic acid groups (broad SMARTS) is 2. The first kappa shape index (κ1) is 31.7. The quantitative estimate of drug-likeness (QED) is 0.287. The summed E-state index contributed by atoms with van der Waals surface area (Å²) < 4.78 is 12.1. The minimum Gasteiger partial charge on any atom is -0.493 e. The molecule has 43 heavy (non-hydrogen) atoms. The number of rotatable bonds is 12. The van der Waals surface area contributed by atoms with Crippen LogP contribution in [0.5, 0.6) is 5.75 Å². The summed E-state index contributed by atoms with van der Waals surface area (Å²) in [5, 5.41) is 30.3. The van der Waals surface area contributed by atoms with Gasteiger partial charge in [0.05, 0.1) is 17.9 Å². The summed E-state index contributed by atoms with van der Waals surface area (Å²) in [7, 11) is 4.15. The second-order valence-electron chi connectivity index (χ2n) is 11.5. The van der Waals surface area contributed by atoms with Gasteiger partial charge in [0.1, 0.15) is 17.5 Å². The molecule has 0 amide bonds. The molecule has 0 atom stereocenters. The highest BCUT2D eigenvalue weighted by Gasteiger charge is 2.25. The molecule has 0 radical (unpaired) electrons. The molecule has 2 fully saturated rings. The Morgan fingerprint density at radius 3 is 2.47 bits per heavy atom. The van der Waals surface area contributed by atoms with Crippen LogP contribution in [0.15, 0.2) is 47.1 Å². The van der Waals surface area contributed by atoms with Gasteiger partial charge >= 0.3 is 11.9 Å². The molecule has 1 aliphatic heterocycles. The van der Waals surface area contributed by atoms with Crippen LogP contribution in [0.2, 0.25) is 0 Å². The van der Waals surface area contributed by atoms with Crippen LogP contribution in [0.25, 0.3) is 11.0 Å². The van der Waals surface area contributed by atoms with Crippen LogP contribution in [0.3, 0.4) is 0 Å². The third kappa shape index (κ3) is 9.91. The lowest BCUT2D eigenvalue weighted by atomic mass is 9.91. The van der Waals surface area contributed by atoms with Gasteiger partial charge in [0.2, 0.25) is 0 Å². The molecule has 1 saturated heterocycles. The molecule has 0 unspecified atom stereocenters. The number of aromatic nitrogens is 2. The molecule has 0 spiro atoms. The number of benzene rings is 1. The molecule has 3 heterocycles. The second kappa shape index (κ2) is 15.3. The maximum absolute atomic E-state index is 9.55. The largest absolute Gasteiger partial charge is 0.493 e. The molecule has 1 saturated carbocycles. The van der Waals surface area contributed by atoms with E-state index < -0.39 is 11.9 Å². The standard InChI is InChI=1S/C28H35N5O2.C4H4O4/c1-32(2)18-25-27(34-19-21-3-4-21)8-6-24-26(31-35-28(24)25)7-5-20-10-13-33(14-11-20)17-22-9-12-30-23(15-22)16-29;5-3(6)1-2-4(7)8/h6,8-9,12,15,20-21H,3-5,7,10-11,13-14,17-19H2,1-2H3;1-2H,(H,5,6)(H,7,8). The van der Waals surface area contributed by atoms with Crippen molar-refractivity contribution in [2.45, 2.75) is 51.6 Å². The number of ether oxygens (including phenoxy) is 1. The number of hydrogen-bond donors (Lipinski definition) is 2. The van der Waals surface area contributed by atoms with E-state index in [1.807, 2.05) is 12.1 Å². The van der Waals surface area contributed by atoms with E-state index in [1.54, 1.807) is 6.20 Å². The highest BCUT2D eigenvalue weighted by atomic mass is 16.5. The lowest BCUT2D eigenvalue weighted by molar-refractivity contribution is -0.134. The Kier molecular flexibility index (Phi) is 11.2. The lowest BCUT2D eigenvalue weighted by Crippen LogP contribution is -2.33. The Morgan fingerprint density at radius 1 is 1.12 bits per heavy atom. The first-order valence-corrected chi connectivity index (χ1v) is 14.6. The molecule has 1 aromatic carbocycles. The molecule has 228 valence electrons. The van der Waals surface area contributed by atoms with E-state index >= 15 is 0 Å². The molecule has 2 N–H and O–H groups in total. The van der Waals surface area contributed by atoms with E-state index in [1.165, 1.54) is 25.7 Å². The smallest absolute Gasteiger partial charge is 0.328 e. The summed E-state index contributed by atoms with van der Waals surface area (Å²) in [6.07, 6.45) is 9.86. The summed E-state index contributed by atoms with van der Waals surface area (Å²) in [6.45, 7) is 4.63. The van der Waals surface area contributed by atoms with Gasteiger partial charge in [-0.2, -0.15) is 5.26 Å². The van der Waals surface area contributed by atoms with E-state index in [4.69, 9.17) is 24.7 Å². The number of likely N-dealkylation sites (tertiary alicyclic amines) is 1. The molecule has 11 heteroatoms. The molecule has 2 aromatic heterocycles. The minimum atomic E-state index is -1.26. The van der Waals surface area contributed by atoms with Crippen LogP contribution in [0.4, 0.5) is 0 Å². The lowest BCUT2D eigenvalue weighted by Gasteiger charge is -2.31. The highest BCUT2D eigenvalue weighted by molar-refractivity contribution is 5.89. The van der Waals surface area contributed by atoms with E-state index in [9.17, 15) is 9.59 Å². The van der Waals surface area contributed by atoms with Crippen molar-refractivity contribution in [2.75, 3.05) is 33.8 Å². The van der Waals surface area contributed by atoms with E-state index in [0.29, 0.717) is 29.7 Å². The maximum atomic E-state index is 9.55. The Hall–Kier alpha value is -4.27. The van der Waals surface area contributed by atoms with Crippen molar-refractivity contribution >= 4 is 22.9 Å². The van der Waals surface area contributed by atoms with Crippen molar-refractivity contribution in [1.29, 1.82) is 5.26 Å². The average Bonchev–Trinajstić information content (AvgIpc) is 3.73.